The Morgan fingerprint density at radius 1 is 1.58 bits per heavy atom. The van der Waals surface area contributed by atoms with Gasteiger partial charge < -0.3 is 4.98 Å². The van der Waals surface area contributed by atoms with E-state index < -0.39 is 0 Å². The smallest absolute Gasteiger partial charge is 0.261 e. The first-order valence-electron chi connectivity index (χ1n) is 5.36. The van der Waals surface area contributed by atoms with Crippen molar-refractivity contribution in [1.29, 1.82) is 0 Å². The average molecular weight is 386 g/mol. The van der Waals surface area contributed by atoms with Crippen LogP contribution < -0.4 is 5.56 Å². The molecule has 0 bridgehead atoms. The number of rotatable bonds is 4. The summed E-state index contributed by atoms with van der Waals surface area (Å²) in [7, 11) is 0. The number of hydrogen-bond acceptors (Lipinski definition) is 4. The Bertz CT molecular complexity index is 714. The molecule has 2 rings (SSSR count). The molecule has 0 fully saturated rings. The van der Waals surface area contributed by atoms with E-state index in [0.29, 0.717) is 11.0 Å². The summed E-state index contributed by atoms with van der Waals surface area (Å²) in [6, 6.07) is 0. The number of nitrogens with one attached hydrogen (secondary N) is 1. The second-order valence-electron chi connectivity index (χ2n) is 3.47. The van der Waals surface area contributed by atoms with Crippen molar-refractivity contribution in [3.8, 4) is 0 Å². The molecule has 7 heteroatoms. The number of aromatic amines is 1. The molecule has 0 aliphatic rings. The third kappa shape index (κ3) is 3.16. The van der Waals surface area contributed by atoms with Gasteiger partial charge in [-0.05, 0) is 27.9 Å². The molecule has 0 aliphatic carbocycles. The normalized spacial score (nSPS) is 13.1. The number of thioether (sulfide) groups is 1. The van der Waals surface area contributed by atoms with Crippen molar-refractivity contribution >= 4 is 51.1 Å². The van der Waals surface area contributed by atoms with Crippen molar-refractivity contribution in [3.63, 3.8) is 0 Å². The summed E-state index contributed by atoms with van der Waals surface area (Å²) in [5, 5.41) is 6.66. The highest BCUT2D eigenvalue weighted by Gasteiger charge is 2.08. The fourth-order valence-corrected chi connectivity index (χ4v) is 2.00. The highest BCUT2D eigenvalue weighted by molar-refractivity contribution is 14.1. The Labute approximate surface area is 127 Å². The summed E-state index contributed by atoms with van der Waals surface area (Å²) >= 11 is 3.74. The van der Waals surface area contributed by atoms with Crippen LogP contribution in [0.15, 0.2) is 45.0 Å². The van der Waals surface area contributed by atoms with Gasteiger partial charge in [0, 0.05) is 0 Å². The number of nitrogens with zero attached hydrogens (tertiary/aromatic N) is 3. The van der Waals surface area contributed by atoms with Gasteiger partial charge in [0.05, 0.1) is 18.2 Å². The first-order chi connectivity index (χ1) is 9.27. The van der Waals surface area contributed by atoms with E-state index in [1.165, 1.54) is 12.5 Å². The number of allylic oxidation sites excluding steroid dienone is 4. The van der Waals surface area contributed by atoms with Gasteiger partial charge in [-0.25, -0.2) is 9.67 Å². The molecule has 5 nitrogen and oxygen atoms in total. The number of H-pyrrole nitrogens is 1. The van der Waals surface area contributed by atoms with Crippen molar-refractivity contribution < 1.29 is 0 Å². The van der Waals surface area contributed by atoms with E-state index in [1.807, 2.05) is 34.0 Å². The SMILES string of the molecule is CS\C=C/C(=C\C=C\I)n1ncc2c(=O)[nH]cnc21. The van der Waals surface area contributed by atoms with Crippen molar-refractivity contribution in [2.24, 2.45) is 0 Å². The summed E-state index contributed by atoms with van der Waals surface area (Å²) in [5.74, 6) is 0. The van der Waals surface area contributed by atoms with Crippen LogP contribution in [-0.4, -0.2) is 26.0 Å². The standard InChI is InChI=1S/C12H11IN4OS/c1-19-6-4-9(3-2-5-13)17-11-10(7-16-17)12(18)15-8-14-11/h2-8H,1H3,(H,14,15,18)/b5-2+,6-4-,9-3+. The maximum Gasteiger partial charge on any atom is 0.261 e. The van der Waals surface area contributed by atoms with Crippen LogP contribution in [-0.2, 0) is 0 Å². The minimum absolute atomic E-state index is 0.186. The lowest BCUT2D eigenvalue weighted by Crippen LogP contribution is -2.06. The predicted molar refractivity (Wildman–Crippen MR) is 88.2 cm³/mol. The highest BCUT2D eigenvalue weighted by atomic mass is 127. The summed E-state index contributed by atoms with van der Waals surface area (Å²) in [5.41, 5.74) is 1.20. The summed E-state index contributed by atoms with van der Waals surface area (Å²) in [6.45, 7) is 0. The molecule has 0 spiro atoms. The lowest BCUT2D eigenvalue weighted by molar-refractivity contribution is 0.923. The van der Waals surface area contributed by atoms with Gasteiger partial charge in [0.15, 0.2) is 5.65 Å². The van der Waals surface area contributed by atoms with Crippen molar-refractivity contribution in [3.05, 3.63) is 50.6 Å². The quantitative estimate of drug-likeness (QED) is 0.649. The van der Waals surface area contributed by atoms with Crippen LogP contribution >= 0.6 is 34.4 Å². The zero-order valence-electron chi connectivity index (χ0n) is 10.1. The fourth-order valence-electron chi connectivity index (χ4n) is 1.51. The van der Waals surface area contributed by atoms with Crippen LogP contribution in [0, 0.1) is 0 Å². The zero-order valence-corrected chi connectivity index (χ0v) is 13.1. The third-order valence-electron chi connectivity index (χ3n) is 2.33. The molecule has 1 N–H and O–H groups in total. The minimum Gasteiger partial charge on any atom is -0.312 e. The topological polar surface area (TPSA) is 63.6 Å². The second-order valence-corrected chi connectivity index (χ2v) is 4.94. The first kappa shape index (κ1) is 14.1. The van der Waals surface area contributed by atoms with Crippen LogP contribution in [0.2, 0.25) is 0 Å². The Morgan fingerprint density at radius 3 is 3.16 bits per heavy atom. The molecule has 0 saturated heterocycles. The first-order valence-corrected chi connectivity index (χ1v) is 7.89. The summed E-state index contributed by atoms with van der Waals surface area (Å²) < 4.78 is 3.55. The predicted octanol–water partition coefficient (Wildman–Crippen LogP) is 2.79. The van der Waals surface area contributed by atoms with Gasteiger partial charge >= 0.3 is 0 Å². The van der Waals surface area contributed by atoms with Crippen molar-refractivity contribution in [2.75, 3.05) is 6.26 Å². The number of aromatic nitrogens is 4. The van der Waals surface area contributed by atoms with E-state index in [9.17, 15) is 4.79 Å². The van der Waals surface area contributed by atoms with Gasteiger partial charge in [-0.1, -0.05) is 28.7 Å². The molecule has 2 aromatic heterocycles. The lowest BCUT2D eigenvalue weighted by atomic mass is 10.3. The second kappa shape index (κ2) is 6.71. The van der Waals surface area contributed by atoms with Gasteiger partial charge in [0.1, 0.15) is 5.39 Å². The summed E-state index contributed by atoms with van der Waals surface area (Å²) in [4.78, 5) is 18.3. The minimum atomic E-state index is -0.186. The molecule has 0 atom stereocenters. The fraction of sp³-hybridized carbons (Fsp3) is 0.0833. The van der Waals surface area contributed by atoms with Crippen molar-refractivity contribution in [2.45, 2.75) is 0 Å². The van der Waals surface area contributed by atoms with E-state index in [2.05, 4.69) is 37.7 Å². The van der Waals surface area contributed by atoms with E-state index >= 15 is 0 Å². The zero-order chi connectivity index (χ0) is 13.7. The number of fused-ring (bicyclic) bond motifs is 1. The third-order valence-corrected chi connectivity index (χ3v) is 3.15. The van der Waals surface area contributed by atoms with E-state index in [-0.39, 0.29) is 5.56 Å². The van der Waals surface area contributed by atoms with Gasteiger partial charge in [-0.3, -0.25) is 4.79 Å². The maximum atomic E-state index is 11.6. The van der Waals surface area contributed by atoms with Gasteiger partial charge in [0.25, 0.3) is 5.56 Å². The molecule has 0 aromatic carbocycles. The molecule has 0 aliphatic heterocycles. The number of hydrogen-bond donors (Lipinski definition) is 1. The Hall–Kier alpha value is -1.35. The molecule has 98 valence electrons. The van der Waals surface area contributed by atoms with Crippen LogP contribution in [0.5, 0.6) is 0 Å². The van der Waals surface area contributed by atoms with Crippen LogP contribution in [0.3, 0.4) is 0 Å². The lowest BCUT2D eigenvalue weighted by Gasteiger charge is -2.02. The molecule has 2 aromatic rings. The molecule has 0 unspecified atom stereocenters. The molecule has 2 heterocycles. The Kier molecular flexibility index (Phi) is 4.97. The van der Waals surface area contributed by atoms with Crippen LogP contribution in [0.1, 0.15) is 0 Å². The molecule has 0 saturated carbocycles. The molecular weight excluding hydrogens is 375 g/mol. The summed E-state index contributed by atoms with van der Waals surface area (Å²) in [6.07, 6.45) is 10.6. The average Bonchev–Trinajstić information content (AvgIpc) is 2.84. The maximum absolute atomic E-state index is 11.6. The molecule has 0 radical (unpaired) electrons. The van der Waals surface area contributed by atoms with E-state index in [4.69, 9.17) is 0 Å². The monoisotopic (exact) mass is 386 g/mol. The van der Waals surface area contributed by atoms with E-state index in [1.54, 1.807) is 16.4 Å². The molecular formula is C12H11IN4OS. The highest BCUT2D eigenvalue weighted by Crippen LogP contribution is 2.14. The van der Waals surface area contributed by atoms with Crippen LogP contribution in [0.4, 0.5) is 0 Å². The largest absolute Gasteiger partial charge is 0.312 e. The molecule has 19 heavy (non-hydrogen) atoms. The van der Waals surface area contributed by atoms with Gasteiger partial charge in [-0.15, -0.1) is 11.8 Å². The van der Waals surface area contributed by atoms with Gasteiger partial charge in [0.2, 0.25) is 0 Å². The van der Waals surface area contributed by atoms with Crippen LogP contribution in [0.25, 0.3) is 16.7 Å². The Morgan fingerprint density at radius 2 is 2.42 bits per heavy atom. The van der Waals surface area contributed by atoms with Gasteiger partial charge in [-0.2, -0.15) is 5.10 Å². The molecule has 0 amide bonds. The Balaban J connectivity index is 2.60. The number of halogens is 1. The van der Waals surface area contributed by atoms with Crippen molar-refractivity contribution in [1.82, 2.24) is 19.7 Å². The van der Waals surface area contributed by atoms with E-state index in [0.717, 1.165) is 5.70 Å².